The monoisotopic (exact) mass is 259 g/mol. The third kappa shape index (κ3) is 1.58. The van der Waals surface area contributed by atoms with Gasteiger partial charge in [0.05, 0.1) is 5.39 Å². The van der Waals surface area contributed by atoms with E-state index in [-0.39, 0.29) is 0 Å². The molecule has 0 bridgehead atoms. The first kappa shape index (κ1) is 11.1. The topological polar surface area (TPSA) is 39.2 Å². The lowest BCUT2D eigenvalue weighted by Crippen LogP contribution is -1.87. The Morgan fingerprint density at radius 1 is 0.700 bits per heavy atom. The Morgan fingerprint density at radius 3 is 2.30 bits per heavy atom. The molecule has 2 nitrogen and oxygen atoms in total. The number of hydrogen-bond acceptors (Lipinski definition) is 2. The van der Waals surface area contributed by atoms with Gasteiger partial charge in [-0.3, -0.25) is 0 Å². The highest BCUT2D eigenvalue weighted by atomic mass is 16.3. The molecule has 3 aromatic carbocycles. The first-order valence-electron chi connectivity index (χ1n) is 6.59. The van der Waals surface area contributed by atoms with E-state index in [4.69, 9.17) is 10.2 Å². The Morgan fingerprint density at radius 2 is 1.45 bits per heavy atom. The van der Waals surface area contributed by atoms with E-state index in [2.05, 4.69) is 18.2 Å². The predicted molar refractivity (Wildman–Crippen MR) is 83.6 cm³/mol. The van der Waals surface area contributed by atoms with Gasteiger partial charge in [0, 0.05) is 11.1 Å². The number of nitrogen functional groups attached to an aromatic ring is 1. The van der Waals surface area contributed by atoms with Crippen molar-refractivity contribution in [1.82, 2.24) is 0 Å². The minimum absolute atomic E-state index is 0.756. The van der Waals surface area contributed by atoms with Crippen molar-refractivity contribution < 1.29 is 4.42 Å². The van der Waals surface area contributed by atoms with Gasteiger partial charge in [0.2, 0.25) is 0 Å². The summed E-state index contributed by atoms with van der Waals surface area (Å²) in [5, 5.41) is 2.07. The molecule has 4 rings (SSSR count). The average Bonchev–Trinajstić information content (AvgIpc) is 2.87. The standard InChI is InChI=1S/C18H13NO/c19-15-10-13(12-6-2-1-3-7-12)11-17-18(15)14-8-4-5-9-16(14)20-17/h1-11H,19H2. The van der Waals surface area contributed by atoms with Crippen LogP contribution < -0.4 is 5.73 Å². The number of rotatable bonds is 1. The summed E-state index contributed by atoms with van der Waals surface area (Å²) >= 11 is 0. The highest BCUT2D eigenvalue weighted by molar-refractivity contribution is 6.12. The summed E-state index contributed by atoms with van der Waals surface area (Å²) in [6.07, 6.45) is 0. The summed E-state index contributed by atoms with van der Waals surface area (Å²) in [7, 11) is 0. The molecular formula is C18H13NO. The maximum absolute atomic E-state index is 6.24. The van der Waals surface area contributed by atoms with Crippen molar-refractivity contribution in [3.63, 3.8) is 0 Å². The van der Waals surface area contributed by atoms with Crippen molar-refractivity contribution in [2.45, 2.75) is 0 Å². The van der Waals surface area contributed by atoms with Gasteiger partial charge in [-0.15, -0.1) is 0 Å². The van der Waals surface area contributed by atoms with Crippen LogP contribution in [0.3, 0.4) is 0 Å². The average molecular weight is 259 g/mol. The molecule has 0 aliphatic carbocycles. The molecule has 0 saturated carbocycles. The number of furan rings is 1. The number of hydrogen-bond donors (Lipinski definition) is 1. The van der Waals surface area contributed by atoms with Gasteiger partial charge in [-0.1, -0.05) is 48.5 Å². The molecule has 96 valence electrons. The van der Waals surface area contributed by atoms with Crippen LogP contribution in [0.1, 0.15) is 0 Å². The summed E-state index contributed by atoms with van der Waals surface area (Å²) in [6, 6.07) is 22.2. The molecule has 0 amide bonds. The molecule has 0 spiro atoms. The second-order valence-electron chi connectivity index (χ2n) is 4.90. The van der Waals surface area contributed by atoms with Crippen LogP contribution in [0.2, 0.25) is 0 Å². The van der Waals surface area contributed by atoms with Crippen molar-refractivity contribution in [3.8, 4) is 11.1 Å². The van der Waals surface area contributed by atoms with Gasteiger partial charge in [0.1, 0.15) is 11.2 Å². The van der Waals surface area contributed by atoms with Crippen molar-refractivity contribution in [2.75, 3.05) is 5.73 Å². The van der Waals surface area contributed by atoms with Crippen LogP contribution in [0.5, 0.6) is 0 Å². The lowest BCUT2D eigenvalue weighted by molar-refractivity contribution is 0.669. The summed E-state index contributed by atoms with van der Waals surface area (Å²) in [5.41, 5.74) is 10.9. The highest BCUT2D eigenvalue weighted by Crippen LogP contribution is 2.36. The van der Waals surface area contributed by atoms with E-state index in [0.29, 0.717) is 0 Å². The molecule has 0 aliphatic heterocycles. The molecule has 20 heavy (non-hydrogen) atoms. The van der Waals surface area contributed by atoms with E-state index in [1.54, 1.807) is 0 Å². The minimum atomic E-state index is 0.756. The van der Waals surface area contributed by atoms with Crippen molar-refractivity contribution >= 4 is 27.6 Å². The van der Waals surface area contributed by atoms with Crippen molar-refractivity contribution in [3.05, 3.63) is 66.7 Å². The number of nitrogens with two attached hydrogens (primary N) is 1. The number of anilines is 1. The maximum atomic E-state index is 6.24. The molecule has 0 unspecified atom stereocenters. The molecule has 0 radical (unpaired) electrons. The molecule has 1 heterocycles. The molecule has 4 aromatic rings. The second kappa shape index (κ2) is 4.14. The molecule has 0 atom stereocenters. The van der Waals surface area contributed by atoms with Crippen LogP contribution >= 0.6 is 0 Å². The molecule has 0 saturated heterocycles. The highest BCUT2D eigenvalue weighted by Gasteiger charge is 2.11. The summed E-state index contributed by atoms with van der Waals surface area (Å²) in [4.78, 5) is 0. The summed E-state index contributed by atoms with van der Waals surface area (Å²) < 4.78 is 5.92. The fourth-order valence-electron chi connectivity index (χ4n) is 2.68. The molecular weight excluding hydrogens is 246 g/mol. The first-order valence-corrected chi connectivity index (χ1v) is 6.59. The Hall–Kier alpha value is -2.74. The SMILES string of the molecule is Nc1cc(-c2ccccc2)cc2oc3ccccc3c12. The number of fused-ring (bicyclic) bond motifs is 3. The van der Waals surface area contributed by atoms with Gasteiger partial charge in [-0.25, -0.2) is 0 Å². The second-order valence-corrected chi connectivity index (χ2v) is 4.90. The summed E-state index contributed by atoms with van der Waals surface area (Å²) in [6.45, 7) is 0. The zero-order chi connectivity index (χ0) is 13.5. The van der Waals surface area contributed by atoms with E-state index in [1.165, 1.54) is 0 Å². The molecule has 2 heteroatoms. The predicted octanol–water partition coefficient (Wildman–Crippen LogP) is 4.84. The van der Waals surface area contributed by atoms with Crippen LogP contribution in [-0.2, 0) is 0 Å². The fourth-order valence-corrected chi connectivity index (χ4v) is 2.68. The Labute approximate surface area is 116 Å². The Balaban J connectivity index is 2.06. The Kier molecular flexibility index (Phi) is 2.30. The van der Waals surface area contributed by atoms with Crippen molar-refractivity contribution in [1.29, 1.82) is 0 Å². The van der Waals surface area contributed by atoms with E-state index in [0.717, 1.165) is 38.8 Å². The first-order chi connectivity index (χ1) is 9.83. The molecule has 2 N–H and O–H groups in total. The van der Waals surface area contributed by atoms with E-state index in [1.807, 2.05) is 48.5 Å². The third-order valence-electron chi connectivity index (χ3n) is 3.62. The Bertz CT molecular complexity index is 907. The largest absolute Gasteiger partial charge is 0.456 e. The van der Waals surface area contributed by atoms with E-state index >= 15 is 0 Å². The minimum Gasteiger partial charge on any atom is -0.456 e. The molecule has 0 fully saturated rings. The summed E-state index contributed by atoms with van der Waals surface area (Å²) in [5.74, 6) is 0. The van der Waals surface area contributed by atoms with Gasteiger partial charge in [-0.2, -0.15) is 0 Å². The lowest BCUT2D eigenvalue weighted by atomic mass is 10.0. The molecule has 1 aromatic heterocycles. The van der Waals surface area contributed by atoms with Gasteiger partial charge >= 0.3 is 0 Å². The normalized spacial score (nSPS) is 11.2. The molecule has 0 aliphatic rings. The van der Waals surface area contributed by atoms with E-state index in [9.17, 15) is 0 Å². The van der Waals surface area contributed by atoms with Crippen molar-refractivity contribution in [2.24, 2.45) is 0 Å². The lowest BCUT2D eigenvalue weighted by Gasteiger charge is -2.04. The third-order valence-corrected chi connectivity index (χ3v) is 3.62. The zero-order valence-corrected chi connectivity index (χ0v) is 10.8. The van der Waals surface area contributed by atoms with Gasteiger partial charge < -0.3 is 10.2 Å². The smallest absolute Gasteiger partial charge is 0.138 e. The van der Waals surface area contributed by atoms with Crippen LogP contribution in [-0.4, -0.2) is 0 Å². The van der Waals surface area contributed by atoms with Gasteiger partial charge in [0.15, 0.2) is 0 Å². The zero-order valence-electron chi connectivity index (χ0n) is 10.8. The van der Waals surface area contributed by atoms with Gasteiger partial charge in [0.25, 0.3) is 0 Å². The number of benzene rings is 3. The van der Waals surface area contributed by atoms with Crippen LogP contribution in [0, 0.1) is 0 Å². The fraction of sp³-hybridized carbons (Fsp3) is 0. The number of para-hydroxylation sites is 1. The van der Waals surface area contributed by atoms with Crippen LogP contribution in [0.25, 0.3) is 33.1 Å². The van der Waals surface area contributed by atoms with Gasteiger partial charge in [-0.05, 0) is 29.3 Å². The maximum Gasteiger partial charge on any atom is 0.138 e. The van der Waals surface area contributed by atoms with Crippen LogP contribution in [0.4, 0.5) is 5.69 Å². The van der Waals surface area contributed by atoms with Crippen LogP contribution in [0.15, 0.2) is 71.1 Å². The van der Waals surface area contributed by atoms with E-state index < -0.39 is 0 Å². The quantitative estimate of drug-likeness (QED) is 0.497.